The van der Waals surface area contributed by atoms with E-state index in [1.165, 1.54) is 16.9 Å². The number of carbonyl (C=O) groups is 1. The minimum atomic E-state index is -1.26. The summed E-state index contributed by atoms with van der Waals surface area (Å²) < 4.78 is 19.8. The van der Waals surface area contributed by atoms with Gasteiger partial charge in [-0.2, -0.15) is 0 Å². The van der Waals surface area contributed by atoms with E-state index in [-0.39, 0.29) is 11.3 Å². The first kappa shape index (κ1) is 12.0. The number of nitrogens with zero attached hydrogens (tertiary/aromatic N) is 3. The summed E-state index contributed by atoms with van der Waals surface area (Å²) in [6.45, 7) is 2.36. The Hall–Kier alpha value is -2.44. The summed E-state index contributed by atoms with van der Waals surface area (Å²) in [6, 6.07) is 3.28. The number of rotatable bonds is 4. The smallest absolute Gasteiger partial charge is 0.339 e. The zero-order valence-electron chi connectivity index (χ0n) is 9.50. The molecule has 0 atom stereocenters. The minimum Gasteiger partial charge on any atom is -0.478 e. The number of benzene rings is 1. The zero-order valence-corrected chi connectivity index (χ0v) is 9.50. The van der Waals surface area contributed by atoms with Crippen molar-refractivity contribution in [2.75, 3.05) is 0 Å². The number of hydrogen-bond donors (Lipinski definition) is 1. The van der Waals surface area contributed by atoms with Crippen molar-refractivity contribution in [1.29, 1.82) is 0 Å². The normalized spacial score (nSPS) is 10.3. The van der Waals surface area contributed by atoms with Gasteiger partial charge in [-0.1, -0.05) is 5.21 Å². The van der Waals surface area contributed by atoms with E-state index < -0.39 is 11.8 Å². The molecule has 0 spiro atoms. The second-order valence-corrected chi connectivity index (χ2v) is 3.44. The number of carboxylic acids is 1. The highest BCUT2D eigenvalue weighted by Gasteiger charge is 2.15. The van der Waals surface area contributed by atoms with Gasteiger partial charge in [0, 0.05) is 6.54 Å². The molecule has 2 rings (SSSR count). The lowest BCUT2D eigenvalue weighted by Gasteiger charge is -2.08. The second kappa shape index (κ2) is 4.82. The quantitative estimate of drug-likeness (QED) is 0.898. The van der Waals surface area contributed by atoms with Crippen molar-refractivity contribution in [2.45, 2.75) is 13.5 Å². The predicted octanol–water partition coefficient (Wildman–Crippen LogP) is 1.93. The maximum absolute atomic E-state index is 13.0. The molecule has 0 radical (unpaired) electrons. The number of carboxylic acid groups (broad SMARTS) is 1. The largest absolute Gasteiger partial charge is 0.478 e. The Labute approximate surface area is 102 Å². The molecule has 94 valence electrons. The molecular formula is C11H10FN3O3. The van der Waals surface area contributed by atoms with Crippen LogP contribution in [0.5, 0.6) is 11.6 Å². The molecule has 6 nitrogen and oxygen atoms in total. The molecule has 1 aromatic carbocycles. The number of aryl methyl sites for hydroxylation is 1. The first-order valence-electron chi connectivity index (χ1n) is 5.21. The van der Waals surface area contributed by atoms with Crippen LogP contribution < -0.4 is 4.74 Å². The van der Waals surface area contributed by atoms with E-state index in [2.05, 4.69) is 10.3 Å². The summed E-state index contributed by atoms with van der Waals surface area (Å²) in [5.74, 6) is -1.56. The number of halogens is 1. The Morgan fingerprint density at radius 1 is 1.56 bits per heavy atom. The molecule has 0 aliphatic carbocycles. The van der Waals surface area contributed by atoms with Gasteiger partial charge in [-0.25, -0.2) is 13.9 Å². The molecule has 0 aliphatic heterocycles. The average Bonchev–Trinajstić information content (AvgIpc) is 2.78. The fourth-order valence-electron chi connectivity index (χ4n) is 1.42. The Balaban J connectivity index is 2.37. The molecule has 0 amide bonds. The predicted molar refractivity (Wildman–Crippen MR) is 59.1 cm³/mol. The number of hydrogen-bond acceptors (Lipinski definition) is 4. The van der Waals surface area contributed by atoms with Crippen molar-refractivity contribution in [2.24, 2.45) is 0 Å². The molecule has 0 saturated carbocycles. The molecule has 0 bridgehead atoms. The molecular weight excluding hydrogens is 241 g/mol. The molecule has 1 heterocycles. The van der Waals surface area contributed by atoms with Gasteiger partial charge in [-0.3, -0.25) is 0 Å². The van der Waals surface area contributed by atoms with Gasteiger partial charge < -0.3 is 9.84 Å². The molecule has 1 N–H and O–H groups in total. The minimum absolute atomic E-state index is 0.0425. The number of aromatic nitrogens is 3. The van der Waals surface area contributed by atoms with Crippen LogP contribution in [0.1, 0.15) is 17.3 Å². The molecule has 0 unspecified atom stereocenters. The third kappa shape index (κ3) is 2.29. The monoisotopic (exact) mass is 251 g/mol. The van der Waals surface area contributed by atoms with Crippen molar-refractivity contribution in [3.8, 4) is 11.6 Å². The van der Waals surface area contributed by atoms with Gasteiger partial charge >= 0.3 is 5.97 Å². The summed E-state index contributed by atoms with van der Waals surface area (Å²) >= 11 is 0. The van der Waals surface area contributed by atoms with E-state index in [0.717, 1.165) is 12.1 Å². The summed E-state index contributed by atoms with van der Waals surface area (Å²) in [4.78, 5) is 11.0. The van der Waals surface area contributed by atoms with Crippen molar-refractivity contribution in [1.82, 2.24) is 15.0 Å². The highest BCUT2D eigenvalue weighted by molar-refractivity contribution is 5.90. The molecule has 0 saturated heterocycles. The molecule has 0 aliphatic rings. The van der Waals surface area contributed by atoms with Crippen molar-refractivity contribution in [3.63, 3.8) is 0 Å². The zero-order chi connectivity index (χ0) is 13.1. The van der Waals surface area contributed by atoms with Crippen molar-refractivity contribution < 1.29 is 19.0 Å². The summed E-state index contributed by atoms with van der Waals surface area (Å²) in [5.41, 5.74) is -0.251. The van der Waals surface area contributed by atoms with Gasteiger partial charge in [0.2, 0.25) is 5.88 Å². The van der Waals surface area contributed by atoms with E-state index in [0.29, 0.717) is 12.4 Å². The maximum Gasteiger partial charge on any atom is 0.339 e. The third-order valence-corrected chi connectivity index (χ3v) is 2.27. The highest BCUT2D eigenvalue weighted by Crippen LogP contribution is 2.25. The van der Waals surface area contributed by atoms with E-state index >= 15 is 0 Å². The van der Waals surface area contributed by atoms with Crippen LogP contribution in [0, 0.1) is 5.82 Å². The van der Waals surface area contributed by atoms with Crippen LogP contribution >= 0.6 is 0 Å². The Bertz CT molecular complexity index is 583. The van der Waals surface area contributed by atoms with Gasteiger partial charge in [0.25, 0.3) is 0 Å². The Kier molecular flexibility index (Phi) is 3.22. The van der Waals surface area contributed by atoms with E-state index in [4.69, 9.17) is 9.84 Å². The molecule has 1 aromatic heterocycles. The third-order valence-electron chi connectivity index (χ3n) is 2.27. The van der Waals surface area contributed by atoms with Gasteiger partial charge in [-0.05, 0) is 25.1 Å². The van der Waals surface area contributed by atoms with Crippen LogP contribution in [0.3, 0.4) is 0 Å². The number of ether oxygens (including phenoxy) is 1. The SMILES string of the molecule is CCn1nncc1Oc1ccc(F)cc1C(=O)O. The van der Waals surface area contributed by atoms with Crippen LogP contribution in [-0.2, 0) is 6.54 Å². The van der Waals surface area contributed by atoms with Gasteiger partial charge in [0.15, 0.2) is 0 Å². The summed E-state index contributed by atoms with van der Waals surface area (Å²) in [6.07, 6.45) is 1.36. The van der Waals surface area contributed by atoms with Crippen LogP contribution in [0.4, 0.5) is 4.39 Å². The lowest BCUT2D eigenvalue weighted by molar-refractivity contribution is 0.0693. The van der Waals surface area contributed by atoms with E-state index in [1.54, 1.807) is 0 Å². The first-order chi connectivity index (χ1) is 8.61. The lowest BCUT2D eigenvalue weighted by atomic mass is 10.2. The van der Waals surface area contributed by atoms with Crippen molar-refractivity contribution in [3.05, 3.63) is 35.8 Å². The van der Waals surface area contributed by atoms with Crippen LogP contribution in [0.15, 0.2) is 24.4 Å². The van der Waals surface area contributed by atoms with Crippen LogP contribution in [0.25, 0.3) is 0 Å². The van der Waals surface area contributed by atoms with Crippen LogP contribution in [-0.4, -0.2) is 26.1 Å². The van der Waals surface area contributed by atoms with Gasteiger partial charge in [0.1, 0.15) is 23.3 Å². The average molecular weight is 251 g/mol. The van der Waals surface area contributed by atoms with Gasteiger partial charge in [0.05, 0.1) is 0 Å². The molecule has 2 aromatic rings. The number of aromatic carboxylic acids is 1. The van der Waals surface area contributed by atoms with E-state index in [1.807, 2.05) is 6.92 Å². The van der Waals surface area contributed by atoms with E-state index in [9.17, 15) is 9.18 Å². The Morgan fingerprint density at radius 3 is 3.00 bits per heavy atom. The topological polar surface area (TPSA) is 77.2 Å². The lowest BCUT2D eigenvalue weighted by Crippen LogP contribution is -2.04. The maximum atomic E-state index is 13.0. The fraction of sp³-hybridized carbons (Fsp3) is 0.182. The fourth-order valence-corrected chi connectivity index (χ4v) is 1.42. The highest BCUT2D eigenvalue weighted by atomic mass is 19.1. The van der Waals surface area contributed by atoms with Gasteiger partial charge in [-0.15, -0.1) is 5.10 Å². The summed E-state index contributed by atoms with van der Waals surface area (Å²) in [5, 5.41) is 16.4. The second-order valence-electron chi connectivity index (χ2n) is 3.44. The standard InChI is InChI=1S/C11H10FN3O3/c1-2-15-10(6-13-14-15)18-9-4-3-7(12)5-8(9)11(16)17/h3-6H,2H2,1H3,(H,16,17). The molecule has 0 fully saturated rings. The summed E-state index contributed by atoms with van der Waals surface area (Å²) in [7, 11) is 0. The molecule has 18 heavy (non-hydrogen) atoms. The Morgan fingerprint density at radius 2 is 2.33 bits per heavy atom. The molecule has 7 heteroatoms. The van der Waals surface area contributed by atoms with Crippen LogP contribution in [0.2, 0.25) is 0 Å². The first-order valence-corrected chi connectivity index (χ1v) is 5.21. The van der Waals surface area contributed by atoms with Crippen molar-refractivity contribution >= 4 is 5.97 Å².